The third kappa shape index (κ3) is 4.21. The summed E-state index contributed by atoms with van der Waals surface area (Å²) in [5.41, 5.74) is 2.83. The second-order valence-electron chi connectivity index (χ2n) is 7.53. The number of amides is 1. The van der Waals surface area contributed by atoms with Gasteiger partial charge in [-0.3, -0.25) is 9.78 Å². The van der Waals surface area contributed by atoms with Crippen LogP contribution in [0.5, 0.6) is 5.75 Å². The largest absolute Gasteiger partial charge is 0.486 e. The molecular weight excluding hydrogens is 380 g/mol. The van der Waals surface area contributed by atoms with Gasteiger partial charge in [0, 0.05) is 38.3 Å². The van der Waals surface area contributed by atoms with Crippen molar-refractivity contribution in [2.75, 3.05) is 45.3 Å². The zero-order chi connectivity index (χ0) is 21.1. The van der Waals surface area contributed by atoms with Gasteiger partial charge in [0.05, 0.1) is 30.4 Å². The van der Waals surface area contributed by atoms with Gasteiger partial charge in [-0.15, -0.1) is 0 Å². The molecule has 0 N–H and O–H groups in total. The van der Waals surface area contributed by atoms with E-state index in [9.17, 15) is 4.79 Å². The molecule has 0 spiro atoms. The molecule has 30 heavy (non-hydrogen) atoms. The van der Waals surface area contributed by atoms with Gasteiger partial charge in [0.1, 0.15) is 17.7 Å². The van der Waals surface area contributed by atoms with Crippen molar-refractivity contribution in [3.05, 3.63) is 59.8 Å². The van der Waals surface area contributed by atoms with Crippen molar-refractivity contribution in [2.24, 2.45) is 0 Å². The molecule has 3 aromatic rings. The number of carbonyl (C=O) groups is 1. The first-order valence-electron chi connectivity index (χ1n) is 10.1. The van der Waals surface area contributed by atoms with Crippen molar-refractivity contribution in [3.63, 3.8) is 0 Å². The maximum absolute atomic E-state index is 12.7. The highest BCUT2D eigenvalue weighted by molar-refractivity contribution is 5.98. The topological polar surface area (TPSA) is 67.8 Å². The van der Waals surface area contributed by atoms with Gasteiger partial charge in [-0.2, -0.15) is 0 Å². The van der Waals surface area contributed by atoms with Crippen LogP contribution in [0.4, 0.5) is 5.82 Å². The summed E-state index contributed by atoms with van der Waals surface area (Å²) in [6.07, 6.45) is 1.46. The zero-order valence-electron chi connectivity index (χ0n) is 17.5. The Morgan fingerprint density at radius 3 is 2.60 bits per heavy atom. The highest BCUT2D eigenvalue weighted by Crippen LogP contribution is 2.29. The first-order valence-corrected chi connectivity index (χ1v) is 10.1. The fourth-order valence-electron chi connectivity index (χ4n) is 3.54. The van der Waals surface area contributed by atoms with Crippen LogP contribution >= 0.6 is 0 Å². The van der Waals surface area contributed by atoms with Crippen LogP contribution in [-0.2, 0) is 4.74 Å². The van der Waals surface area contributed by atoms with Gasteiger partial charge in [0.2, 0.25) is 0 Å². The van der Waals surface area contributed by atoms with Crippen molar-refractivity contribution in [2.45, 2.75) is 13.0 Å². The number of ether oxygens (including phenoxy) is 2. The van der Waals surface area contributed by atoms with Crippen LogP contribution in [0.15, 0.2) is 48.7 Å². The van der Waals surface area contributed by atoms with Crippen LogP contribution in [0.25, 0.3) is 11.0 Å². The number of aromatic nitrogens is 2. The monoisotopic (exact) mass is 406 g/mol. The summed E-state index contributed by atoms with van der Waals surface area (Å²) >= 11 is 0. The van der Waals surface area contributed by atoms with Crippen LogP contribution in [0, 0.1) is 0 Å². The van der Waals surface area contributed by atoms with Crippen LogP contribution in [-0.4, -0.2) is 61.2 Å². The minimum atomic E-state index is -0.306. The average molecular weight is 406 g/mol. The van der Waals surface area contributed by atoms with Crippen molar-refractivity contribution in [1.29, 1.82) is 0 Å². The Bertz CT molecular complexity index is 1030. The van der Waals surface area contributed by atoms with Gasteiger partial charge in [0.25, 0.3) is 5.91 Å². The fourth-order valence-corrected chi connectivity index (χ4v) is 3.54. The predicted octanol–water partition coefficient (Wildman–Crippen LogP) is 3.31. The van der Waals surface area contributed by atoms with E-state index in [0.717, 1.165) is 35.7 Å². The number of morpholine rings is 1. The number of hydrogen-bond acceptors (Lipinski definition) is 6. The molecule has 1 aliphatic rings. The van der Waals surface area contributed by atoms with E-state index in [0.29, 0.717) is 24.3 Å². The summed E-state index contributed by atoms with van der Waals surface area (Å²) in [5, 5.41) is 0. The molecule has 2 heterocycles. The van der Waals surface area contributed by atoms with E-state index >= 15 is 0 Å². The average Bonchev–Trinajstić information content (AvgIpc) is 2.78. The van der Waals surface area contributed by atoms with E-state index in [1.165, 1.54) is 0 Å². The van der Waals surface area contributed by atoms with Gasteiger partial charge < -0.3 is 19.3 Å². The summed E-state index contributed by atoms with van der Waals surface area (Å²) < 4.78 is 11.6. The Kier molecular flexibility index (Phi) is 5.81. The van der Waals surface area contributed by atoms with Crippen molar-refractivity contribution in [1.82, 2.24) is 14.9 Å². The molecule has 1 saturated heterocycles. The molecule has 1 atom stereocenters. The molecule has 1 unspecified atom stereocenters. The number of carbonyl (C=O) groups excluding carboxylic acids is 1. The Labute approximate surface area is 176 Å². The fraction of sp³-hybridized carbons (Fsp3) is 0.348. The standard InChI is InChI=1S/C23H26N4O3/c1-16(30-18-7-5-4-6-8-18)19-13-17(23(28)26(2)3)14-20-22(19)25-21(15-24-20)27-9-11-29-12-10-27/h4-8,13-16H,9-12H2,1-3H3. The molecule has 0 radical (unpaired) electrons. The molecule has 1 fully saturated rings. The lowest BCUT2D eigenvalue weighted by Gasteiger charge is -2.28. The number of nitrogens with zero attached hydrogens (tertiary/aromatic N) is 4. The summed E-state index contributed by atoms with van der Waals surface area (Å²) in [5.74, 6) is 1.49. The molecule has 0 bridgehead atoms. The molecule has 1 aliphatic heterocycles. The smallest absolute Gasteiger partial charge is 0.253 e. The maximum Gasteiger partial charge on any atom is 0.253 e. The number of rotatable bonds is 5. The minimum absolute atomic E-state index is 0.0795. The van der Waals surface area contributed by atoms with Gasteiger partial charge in [0.15, 0.2) is 0 Å². The van der Waals surface area contributed by atoms with Gasteiger partial charge in [-0.05, 0) is 31.2 Å². The molecule has 7 heteroatoms. The SMILES string of the molecule is CC(Oc1ccccc1)c1cc(C(=O)N(C)C)cc2ncc(N3CCOCC3)nc12. The van der Waals surface area contributed by atoms with E-state index in [1.54, 1.807) is 31.3 Å². The highest BCUT2D eigenvalue weighted by Gasteiger charge is 2.20. The third-order valence-corrected chi connectivity index (χ3v) is 5.15. The van der Waals surface area contributed by atoms with E-state index in [1.807, 2.05) is 43.3 Å². The first-order chi connectivity index (χ1) is 14.5. The van der Waals surface area contributed by atoms with Gasteiger partial charge in [-0.1, -0.05) is 18.2 Å². The normalized spacial score (nSPS) is 15.1. The Hall–Kier alpha value is -3.19. The third-order valence-electron chi connectivity index (χ3n) is 5.15. The molecule has 156 valence electrons. The van der Waals surface area contributed by atoms with Crippen molar-refractivity contribution < 1.29 is 14.3 Å². The molecule has 0 saturated carbocycles. The Morgan fingerprint density at radius 1 is 1.17 bits per heavy atom. The molecule has 7 nitrogen and oxygen atoms in total. The molecule has 0 aliphatic carbocycles. The summed E-state index contributed by atoms with van der Waals surface area (Å²) in [4.78, 5) is 25.9. The lowest BCUT2D eigenvalue weighted by molar-refractivity contribution is 0.0827. The molecule has 4 rings (SSSR count). The predicted molar refractivity (Wildman–Crippen MR) is 116 cm³/mol. The van der Waals surface area contributed by atoms with Crippen LogP contribution in [0.2, 0.25) is 0 Å². The summed E-state index contributed by atoms with van der Waals surface area (Å²) in [7, 11) is 3.48. The zero-order valence-corrected chi connectivity index (χ0v) is 17.5. The van der Waals surface area contributed by atoms with Crippen LogP contribution < -0.4 is 9.64 Å². The lowest BCUT2D eigenvalue weighted by Crippen LogP contribution is -2.36. The van der Waals surface area contributed by atoms with Crippen LogP contribution in [0.3, 0.4) is 0 Å². The van der Waals surface area contributed by atoms with Crippen molar-refractivity contribution >= 4 is 22.8 Å². The quantitative estimate of drug-likeness (QED) is 0.648. The molecule has 1 amide bonds. The molecule has 1 aromatic heterocycles. The van der Waals surface area contributed by atoms with E-state index < -0.39 is 0 Å². The lowest BCUT2D eigenvalue weighted by atomic mass is 10.0. The second kappa shape index (κ2) is 8.67. The number of fused-ring (bicyclic) bond motifs is 1. The number of para-hydroxylation sites is 1. The maximum atomic E-state index is 12.7. The molecule has 2 aromatic carbocycles. The Morgan fingerprint density at radius 2 is 1.90 bits per heavy atom. The van der Waals surface area contributed by atoms with Crippen molar-refractivity contribution in [3.8, 4) is 5.75 Å². The minimum Gasteiger partial charge on any atom is -0.486 e. The van der Waals surface area contributed by atoms with Gasteiger partial charge >= 0.3 is 0 Å². The first kappa shape index (κ1) is 20.1. The summed E-state index contributed by atoms with van der Waals surface area (Å²) in [6, 6.07) is 13.3. The van der Waals surface area contributed by atoms with E-state index in [4.69, 9.17) is 14.5 Å². The van der Waals surface area contributed by atoms with Gasteiger partial charge in [-0.25, -0.2) is 4.98 Å². The second-order valence-corrected chi connectivity index (χ2v) is 7.53. The molecular formula is C23H26N4O3. The van der Waals surface area contributed by atoms with E-state index in [2.05, 4.69) is 9.88 Å². The van der Waals surface area contributed by atoms with E-state index in [-0.39, 0.29) is 12.0 Å². The number of anilines is 1. The number of hydrogen-bond donors (Lipinski definition) is 0. The Balaban J connectivity index is 1.78. The highest BCUT2D eigenvalue weighted by atomic mass is 16.5. The van der Waals surface area contributed by atoms with Crippen LogP contribution in [0.1, 0.15) is 28.9 Å². The number of benzene rings is 2. The summed E-state index contributed by atoms with van der Waals surface area (Å²) in [6.45, 7) is 4.88.